The number of imide groups is 1. The molecule has 0 N–H and O–H groups in total. The van der Waals surface area contributed by atoms with E-state index in [9.17, 15) is 14.4 Å². The van der Waals surface area contributed by atoms with Gasteiger partial charge < -0.3 is 4.90 Å². The molecule has 0 aliphatic carbocycles. The van der Waals surface area contributed by atoms with Crippen LogP contribution in [0.5, 0.6) is 0 Å². The molecule has 1 unspecified atom stereocenters. The average Bonchev–Trinajstić information content (AvgIpc) is 2.89. The topological polar surface area (TPSA) is 57.7 Å². The van der Waals surface area contributed by atoms with Gasteiger partial charge in [-0.3, -0.25) is 14.4 Å². The number of benzene rings is 2. The SMILES string of the molecule is CC(C)(C)N(C(=O)Cc1ccccc1)C1CC(=O)N(c2ccccc2)C1=O. The van der Waals surface area contributed by atoms with E-state index in [0.717, 1.165) is 5.56 Å². The molecule has 1 aliphatic rings. The van der Waals surface area contributed by atoms with Gasteiger partial charge in [-0.1, -0.05) is 48.5 Å². The molecule has 2 aromatic rings. The van der Waals surface area contributed by atoms with Crippen molar-refractivity contribution in [3.05, 3.63) is 66.2 Å². The van der Waals surface area contributed by atoms with Crippen LogP contribution in [0.25, 0.3) is 0 Å². The second-order valence-electron chi connectivity index (χ2n) is 7.72. The van der Waals surface area contributed by atoms with Gasteiger partial charge in [-0.25, -0.2) is 4.90 Å². The number of anilines is 1. The second kappa shape index (κ2) is 7.35. The third kappa shape index (κ3) is 3.92. The monoisotopic (exact) mass is 364 g/mol. The highest BCUT2D eigenvalue weighted by atomic mass is 16.2. The largest absolute Gasteiger partial charge is 0.325 e. The Morgan fingerprint density at radius 3 is 2.11 bits per heavy atom. The summed E-state index contributed by atoms with van der Waals surface area (Å²) in [5.74, 6) is -0.782. The van der Waals surface area contributed by atoms with Crippen LogP contribution >= 0.6 is 0 Å². The number of carbonyl (C=O) groups excluding carboxylic acids is 3. The fourth-order valence-electron chi connectivity index (χ4n) is 3.54. The number of hydrogen-bond donors (Lipinski definition) is 0. The Morgan fingerprint density at radius 1 is 1.00 bits per heavy atom. The molecule has 0 saturated carbocycles. The molecule has 0 bridgehead atoms. The summed E-state index contributed by atoms with van der Waals surface area (Å²) < 4.78 is 0. The summed E-state index contributed by atoms with van der Waals surface area (Å²) in [7, 11) is 0. The zero-order valence-electron chi connectivity index (χ0n) is 15.9. The molecule has 0 aromatic heterocycles. The molecule has 27 heavy (non-hydrogen) atoms. The number of para-hydroxylation sites is 1. The smallest absolute Gasteiger partial charge is 0.257 e. The van der Waals surface area contributed by atoms with Gasteiger partial charge in [-0.2, -0.15) is 0 Å². The highest BCUT2D eigenvalue weighted by Crippen LogP contribution is 2.30. The molecule has 1 atom stereocenters. The maximum Gasteiger partial charge on any atom is 0.257 e. The Kier molecular flexibility index (Phi) is 5.13. The Hall–Kier alpha value is -2.95. The third-order valence-corrected chi connectivity index (χ3v) is 4.64. The van der Waals surface area contributed by atoms with Crippen molar-refractivity contribution in [2.75, 3.05) is 4.90 Å². The van der Waals surface area contributed by atoms with Crippen molar-refractivity contribution < 1.29 is 14.4 Å². The number of hydrogen-bond acceptors (Lipinski definition) is 3. The van der Waals surface area contributed by atoms with Crippen LogP contribution in [0.2, 0.25) is 0 Å². The highest BCUT2D eigenvalue weighted by Gasteiger charge is 2.47. The summed E-state index contributed by atoms with van der Waals surface area (Å²) in [6.07, 6.45) is 0.201. The summed E-state index contributed by atoms with van der Waals surface area (Å²) in [4.78, 5) is 41.5. The molecular weight excluding hydrogens is 340 g/mol. The zero-order valence-corrected chi connectivity index (χ0v) is 15.9. The van der Waals surface area contributed by atoms with Crippen LogP contribution in [0.1, 0.15) is 32.8 Å². The van der Waals surface area contributed by atoms with Crippen LogP contribution in [0.3, 0.4) is 0 Å². The second-order valence-corrected chi connectivity index (χ2v) is 7.72. The molecule has 3 rings (SSSR count). The van der Waals surface area contributed by atoms with Gasteiger partial charge in [0.15, 0.2) is 0 Å². The van der Waals surface area contributed by atoms with Crippen molar-refractivity contribution >= 4 is 23.4 Å². The number of amides is 3. The van der Waals surface area contributed by atoms with Crippen molar-refractivity contribution in [3.8, 4) is 0 Å². The van der Waals surface area contributed by atoms with E-state index in [-0.39, 0.29) is 30.6 Å². The van der Waals surface area contributed by atoms with E-state index in [2.05, 4.69) is 0 Å². The molecular formula is C22H24N2O3. The van der Waals surface area contributed by atoms with Gasteiger partial charge >= 0.3 is 0 Å². The molecule has 5 heteroatoms. The van der Waals surface area contributed by atoms with Crippen LogP contribution in [-0.4, -0.2) is 34.2 Å². The molecule has 5 nitrogen and oxygen atoms in total. The zero-order chi connectivity index (χ0) is 19.6. The van der Waals surface area contributed by atoms with E-state index >= 15 is 0 Å². The molecule has 1 fully saturated rings. The first kappa shape index (κ1) is 18.8. The lowest BCUT2D eigenvalue weighted by Crippen LogP contribution is -2.55. The van der Waals surface area contributed by atoms with Crippen LogP contribution in [0, 0.1) is 0 Å². The van der Waals surface area contributed by atoms with E-state index in [1.54, 1.807) is 29.2 Å². The van der Waals surface area contributed by atoms with Gasteiger partial charge in [0.25, 0.3) is 5.91 Å². The lowest BCUT2D eigenvalue weighted by Gasteiger charge is -2.39. The fraction of sp³-hybridized carbons (Fsp3) is 0.318. The maximum absolute atomic E-state index is 13.1. The molecule has 0 radical (unpaired) electrons. The van der Waals surface area contributed by atoms with Gasteiger partial charge in [0.2, 0.25) is 11.8 Å². The van der Waals surface area contributed by atoms with Crippen LogP contribution in [0.15, 0.2) is 60.7 Å². The molecule has 0 spiro atoms. The van der Waals surface area contributed by atoms with Crippen molar-refractivity contribution in [2.45, 2.75) is 45.2 Å². The number of carbonyl (C=O) groups is 3. The van der Waals surface area contributed by atoms with Crippen molar-refractivity contribution in [2.24, 2.45) is 0 Å². The Morgan fingerprint density at radius 2 is 1.56 bits per heavy atom. The minimum absolute atomic E-state index is 0.00548. The standard InChI is InChI=1S/C22H24N2O3/c1-22(2,3)24(20(26)14-16-10-6-4-7-11-16)18-15-19(25)23(21(18)27)17-12-8-5-9-13-17/h4-13,18H,14-15H2,1-3H3. The minimum Gasteiger partial charge on any atom is -0.325 e. The van der Waals surface area contributed by atoms with Crippen molar-refractivity contribution in [1.82, 2.24) is 4.90 Å². The van der Waals surface area contributed by atoms with Crippen molar-refractivity contribution in [1.29, 1.82) is 0 Å². The summed E-state index contributed by atoms with van der Waals surface area (Å²) in [5, 5.41) is 0. The number of nitrogens with zero attached hydrogens (tertiary/aromatic N) is 2. The first-order valence-electron chi connectivity index (χ1n) is 9.07. The van der Waals surface area contributed by atoms with Gasteiger partial charge in [0, 0.05) is 5.54 Å². The number of rotatable bonds is 4. The molecule has 140 valence electrons. The van der Waals surface area contributed by atoms with E-state index < -0.39 is 11.6 Å². The summed E-state index contributed by atoms with van der Waals surface area (Å²) >= 11 is 0. The van der Waals surface area contributed by atoms with E-state index in [4.69, 9.17) is 0 Å². The van der Waals surface area contributed by atoms with E-state index in [0.29, 0.717) is 5.69 Å². The van der Waals surface area contributed by atoms with E-state index in [1.165, 1.54) is 4.90 Å². The average molecular weight is 364 g/mol. The predicted octanol–water partition coefficient (Wildman–Crippen LogP) is 3.19. The van der Waals surface area contributed by atoms with Gasteiger partial charge in [0.1, 0.15) is 6.04 Å². The first-order valence-corrected chi connectivity index (χ1v) is 9.07. The summed E-state index contributed by atoms with van der Waals surface area (Å²) in [6, 6.07) is 17.5. The summed E-state index contributed by atoms with van der Waals surface area (Å²) in [5.41, 5.74) is 0.840. The van der Waals surface area contributed by atoms with Crippen LogP contribution in [0.4, 0.5) is 5.69 Å². The Labute approximate surface area is 159 Å². The quantitative estimate of drug-likeness (QED) is 0.783. The fourth-order valence-corrected chi connectivity index (χ4v) is 3.54. The van der Waals surface area contributed by atoms with Gasteiger partial charge in [-0.15, -0.1) is 0 Å². The first-order chi connectivity index (χ1) is 12.8. The van der Waals surface area contributed by atoms with Crippen LogP contribution < -0.4 is 4.90 Å². The van der Waals surface area contributed by atoms with Crippen LogP contribution in [-0.2, 0) is 20.8 Å². The molecule has 1 heterocycles. The van der Waals surface area contributed by atoms with Gasteiger partial charge in [0.05, 0.1) is 18.5 Å². The third-order valence-electron chi connectivity index (χ3n) is 4.64. The Balaban J connectivity index is 1.89. The summed E-state index contributed by atoms with van der Waals surface area (Å²) in [6.45, 7) is 5.66. The van der Waals surface area contributed by atoms with E-state index in [1.807, 2.05) is 57.2 Å². The lowest BCUT2D eigenvalue weighted by atomic mass is 9.99. The highest BCUT2D eigenvalue weighted by molar-refractivity contribution is 6.23. The molecule has 2 aromatic carbocycles. The maximum atomic E-state index is 13.1. The molecule has 1 aliphatic heterocycles. The Bertz CT molecular complexity index is 841. The normalized spacial score (nSPS) is 17.3. The lowest BCUT2D eigenvalue weighted by molar-refractivity contribution is -0.143. The predicted molar refractivity (Wildman–Crippen MR) is 104 cm³/mol. The molecule has 3 amide bonds. The van der Waals surface area contributed by atoms with Gasteiger partial charge in [-0.05, 0) is 38.5 Å². The molecule has 1 saturated heterocycles. The van der Waals surface area contributed by atoms with Crippen molar-refractivity contribution in [3.63, 3.8) is 0 Å². The minimum atomic E-state index is -0.783.